The van der Waals surface area contributed by atoms with Crippen molar-refractivity contribution < 1.29 is 26.6 Å². The van der Waals surface area contributed by atoms with Gasteiger partial charge in [0.05, 0.1) is 5.75 Å². The molecule has 0 N–H and O–H groups in total. The fraction of sp³-hybridized carbons (Fsp3) is 0.882. The topological polar surface area (TPSA) is 84.0 Å². The molecule has 2 heterocycles. The fourth-order valence-corrected chi connectivity index (χ4v) is 4.32. The van der Waals surface area contributed by atoms with Crippen molar-refractivity contribution in [3.63, 3.8) is 0 Å². The van der Waals surface area contributed by atoms with E-state index in [-0.39, 0.29) is 18.4 Å². The largest absolute Gasteiger partial charge is 0.444 e. The first-order chi connectivity index (χ1) is 11.9. The highest BCUT2D eigenvalue weighted by Gasteiger charge is 2.33. The van der Waals surface area contributed by atoms with Gasteiger partial charge < -0.3 is 14.5 Å². The Balaban J connectivity index is 1.72. The fourth-order valence-electron chi connectivity index (χ4n) is 3.53. The monoisotopic (exact) mass is 392 g/mol. The molecule has 2 aliphatic heterocycles. The van der Waals surface area contributed by atoms with Crippen LogP contribution in [0.2, 0.25) is 0 Å². The summed E-state index contributed by atoms with van der Waals surface area (Å²) in [5.41, 5.74) is -0.506. The number of rotatable bonds is 5. The van der Waals surface area contributed by atoms with Crippen molar-refractivity contribution in [1.82, 2.24) is 9.80 Å². The first-order valence-electron chi connectivity index (χ1n) is 9.11. The van der Waals surface area contributed by atoms with Gasteiger partial charge in [-0.15, -0.1) is 3.89 Å². The molecule has 0 aromatic carbocycles. The SMILES string of the molecule is CC(C)(C)OC(=O)N1CCC(CCN2CC(CS(=O)(=O)F)CC2=O)CC1. The third-order valence-electron chi connectivity index (χ3n) is 4.80. The van der Waals surface area contributed by atoms with Gasteiger partial charge in [-0.3, -0.25) is 4.79 Å². The molecule has 2 amide bonds. The minimum absolute atomic E-state index is 0.0975. The van der Waals surface area contributed by atoms with E-state index >= 15 is 0 Å². The van der Waals surface area contributed by atoms with Crippen molar-refractivity contribution in [3.8, 4) is 0 Å². The van der Waals surface area contributed by atoms with E-state index in [1.165, 1.54) is 0 Å². The zero-order valence-corrected chi connectivity index (χ0v) is 16.6. The summed E-state index contributed by atoms with van der Waals surface area (Å²) >= 11 is 0. The maximum atomic E-state index is 12.8. The predicted molar refractivity (Wildman–Crippen MR) is 94.7 cm³/mol. The molecule has 2 fully saturated rings. The highest BCUT2D eigenvalue weighted by atomic mass is 32.3. The Morgan fingerprint density at radius 1 is 1.23 bits per heavy atom. The van der Waals surface area contributed by atoms with E-state index in [1.807, 2.05) is 20.8 Å². The van der Waals surface area contributed by atoms with Gasteiger partial charge in [-0.25, -0.2) is 4.79 Å². The molecule has 150 valence electrons. The first-order valence-corrected chi connectivity index (χ1v) is 10.7. The number of carbonyl (C=O) groups is 2. The molecule has 7 nitrogen and oxygen atoms in total. The quantitative estimate of drug-likeness (QED) is 0.670. The predicted octanol–water partition coefficient (Wildman–Crippen LogP) is 2.17. The number of amides is 2. The van der Waals surface area contributed by atoms with Crippen LogP contribution in [0.1, 0.15) is 46.5 Å². The summed E-state index contributed by atoms with van der Waals surface area (Å²) in [6, 6.07) is 0. The van der Waals surface area contributed by atoms with Gasteiger partial charge in [0.15, 0.2) is 0 Å². The lowest BCUT2D eigenvalue weighted by Crippen LogP contribution is -2.42. The van der Waals surface area contributed by atoms with Crippen LogP contribution in [-0.2, 0) is 19.8 Å². The van der Waals surface area contributed by atoms with Crippen molar-refractivity contribution in [2.45, 2.75) is 52.1 Å². The van der Waals surface area contributed by atoms with Gasteiger partial charge in [0, 0.05) is 38.5 Å². The molecule has 0 saturated carbocycles. The first kappa shape index (κ1) is 20.9. The number of likely N-dealkylation sites (tertiary alicyclic amines) is 2. The van der Waals surface area contributed by atoms with E-state index in [0.717, 1.165) is 19.3 Å². The molecule has 2 rings (SSSR count). The third-order valence-corrected chi connectivity index (χ3v) is 5.67. The Kier molecular flexibility index (Phi) is 6.52. The zero-order valence-electron chi connectivity index (χ0n) is 15.7. The van der Waals surface area contributed by atoms with E-state index in [4.69, 9.17) is 4.74 Å². The van der Waals surface area contributed by atoms with Crippen LogP contribution in [0.3, 0.4) is 0 Å². The molecule has 0 aromatic heterocycles. The number of halogens is 1. The number of ether oxygens (including phenoxy) is 1. The summed E-state index contributed by atoms with van der Waals surface area (Å²) < 4.78 is 39.6. The van der Waals surface area contributed by atoms with Gasteiger partial charge in [0.1, 0.15) is 5.60 Å². The van der Waals surface area contributed by atoms with Crippen molar-refractivity contribution >= 4 is 22.2 Å². The van der Waals surface area contributed by atoms with Crippen LogP contribution in [0.4, 0.5) is 8.68 Å². The normalized spacial score (nSPS) is 22.8. The second kappa shape index (κ2) is 8.10. The van der Waals surface area contributed by atoms with Gasteiger partial charge in [0.25, 0.3) is 0 Å². The summed E-state index contributed by atoms with van der Waals surface area (Å²) in [7, 11) is -4.55. The minimum atomic E-state index is -4.55. The Morgan fingerprint density at radius 2 is 1.85 bits per heavy atom. The second-order valence-electron chi connectivity index (χ2n) is 8.31. The molecule has 0 spiro atoms. The molecule has 2 saturated heterocycles. The van der Waals surface area contributed by atoms with Gasteiger partial charge in [-0.05, 0) is 46.0 Å². The minimum Gasteiger partial charge on any atom is -0.444 e. The van der Waals surface area contributed by atoms with E-state index in [9.17, 15) is 21.9 Å². The van der Waals surface area contributed by atoms with Crippen LogP contribution in [0, 0.1) is 11.8 Å². The smallest absolute Gasteiger partial charge is 0.410 e. The van der Waals surface area contributed by atoms with Crippen molar-refractivity contribution in [2.75, 3.05) is 31.9 Å². The van der Waals surface area contributed by atoms with Crippen molar-refractivity contribution in [2.24, 2.45) is 11.8 Å². The zero-order chi connectivity index (χ0) is 19.5. The van der Waals surface area contributed by atoms with E-state index in [1.54, 1.807) is 9.80 Å². The third kappa shape index (κ3) is 6.74. The van der Waals surface area contributed by atoms with Crippen LogP contribution in [0.15, 0.2) is 0 Å². The Morgan fingerprint density at radius 3 is 2.38 bits per heavy atom. The Hall–Kier alpha value is -1.38. The van der Waals surface area contributed by atoms with E-state index in [2.05, 4.69) is 0 Å². The van der Waals surface area contributed by atoms with Crippen LogP contribution < -0.4 is 0 Å². The molecule has 1 unspecified atom stereocenters. The highest BCUT2D eigenvalue weighted by Crippen LogP contribution is 2.25. The molecule has 0 radical (unpaired) electrons. The summed E-state index contributed by atoms with van der Waals surface area (Å²) in [6.45, 7) is 7.65. The molecule has 1 atom stereocenters. The maximum absolute atomic E-state index is 12.8. The molecule has 0 aliphatic carbocycles. The van der Waals surface area contributed by atoms with Gasteiger partial charge in [-0.1, -0.05) is 0 Å². The molecule has 26 heavy (non-hydrogen) atoms. The van der Waals surface area contributed by atoms with Crippen LogP contribution in [0.25, 0.3) is 0 Å². The lowest BCUT2D eigenvalue weighted by Gasteiger charge is -2.34. The summed E-state index contributed by atoms with van der Waals surface area (Å²) in [6.07, 6.45) is 2.32. The summed E-state index contributed by atoms with van der Waals surface area (Å²) in [5.74, 6) is -0.731. The number of piperidine rings is 1. The van der Waals surface area contributed by atoms with Crippen LogP contribution in [0.5, 0.6) is 0 Å². The molecular weight excluding hydrogens is 363 g/mol. The lowest BCUT2D eigenvalue weighted by atomic mass is 9.93. The summed E-state index contributed by atoms with van der Waals surface area (Å²) in [5, 5.41) is 0. The van der Waals surface area contributed by atoms with Gasteiger partial charge in [-0.2, -0.15) is 8.42 Å². The maximum Gasteiger partial charge on any atom is 0.410 e. The molecule has 2 aliphatic rings. The number of hydrogen-bond donors (Lipinski definition) is 0. The van der Waals surface area contributed by atoms with Crippen LogP contribution >= 0.6 is 0 Å². The average molecular weight is 392 g/mol. The standard InChI is InChI=1S/C17H29FN2O5S/c1-17(2,3)25-16(22)19-7-4-13(5-8-19)6-9-20-11-14(10-15(20)21)12-26(18,23)24/h13-14H,4-12H2,1-3H3. The molecule has 0 aromatic rings. The number of carbonyl (C=O) groups excluding carboxylic acids is 2. The van der Waals surface area contributed by atoms with Crippen molar-refractivity contribution in [3.05, 3.63) is 0 Å². The molecule has 0 bridgehead atoms. The number of hydrogen-bond acceptors (Lipinski definition) is 5. The Labute approximate surface area is 155 Å². The Bertz CT molecular complexity index is 624. The summed E-state index contributed by atoms with van der Waals surface area (Å²) in [4.78, 5) is 27.4. The van der Waals surface area contributed by atoms with Crippen LogP contribution in [-0.4, -0.2) is 67.8 Å². The van der Waals surface area contributed by atoms with E-state index in [0.29, 0.717) is 32.1 Å². The van der Waals surface area contributed by atoms with Gasteiger partial charge in [0.2, 0.25) is 5.91 Å². The lowest BCUT2D eigenvalue weighted by molar-refractivity contribution is -0.127. The molecular formula is C17H29FN2O5S. The number of nitrogens with zero attached hydrogens (tertiary/aromatic N) is 2. The van der Waals surface area contributed by atoms with Gasteiger partial charge >= 0.3 is 16.3 Å². The van der Waals surface area contributed by atoms with Crippen molar-refractivity contribution in [1.29, 1.82) is 0 Å². The average Bonchev–Trinajstić information content (AvgIpc) is 2.81. The molecule has 9 heteroatoms. The van der Waals surface area contributed by atoms with E-state index < -0.39 is 27.5 Å². The second-order valence-corrected chi connectivity index (χ2v) is 9.73. The highest BCUT2D eigenvalue weighted by molar-refractivity contribution is 7.86.